The van der Waals surface area contributed by atoms with Crippen LogP contribution in [0.2, 0.25) is 0 Å². The predicted molar refractivity (Wildman–Crippen MR) is 90.2 cm³/mol. The molecule has 0 radical (unpaired) electrons. The quantitative estimate of drug-likeness (QED) is 0.885. The molecule has 7 heteroatoms. The largest absolute Gasteiger partial charge is 0.355 e. The highest BCUT2D eigenvalue weighted by atomic mass is 16.2. The molecule has 0 spiro atoms. The maximum atomic E-state index is 12.4. The molecule has 2 aliphatic rings. The lowest BCUT2D eigenvalue weighted by Gasteiger charge is -2.40. The standard InChI is InChI=1S/C17H24N6O/c1-17(21-13-16(24)23-8-2-3-14(23)11-18)4-9-22(10-5-17)15-12-19-6-7-20-15/h6-7,12,14,21H,2-5,8-10,13H2,1H3. The molecule has 1 aromatic heterocycles. The second-order valence-corrected chi connectivity index (χ2v) is 6.84. The van der Waals surface area contributed by atoms with Crippen molar-refractivity contribution in [3.05, 3.63) is 18.6 Å². The topological polar surface area (TPSA) is 85.2 Å². The zero-order valence-corrected chi connectivity index (χ0v) is 14.1. The highest BCUT2D eigenvalue weighted by molar-refractivity contribution is 5.79. The number of hydrogen-bond acceptors (Lipinski definition) is 6. The van der Waals surface area contributed by atoms with Crippen molar-refractivity contribution in [3.63, 3.8) is 0 Å². The van der Waals surface area contributed by atoms with E-state index in [1.807, 2.05) is 0 Å². The molecule has 1 amide bonds. The lowest BCUT2D eigenvalue weighted by atomic mass is 9.89. The van der Waals surface area contributed by atoms with Gasteiger partial charge in [-0.2, -0.15) is 5.26 Å². The second kappa shape index (κ2) is 7.14. The van der Waals surface area contributed by atoms with Crippen LogP contribution in [0.3, 0.4) is 0 Å². The Morgan fingerprint density at radius 2 is 2.21 bits per heavy atom. The fourth-order valence-corrected chi connectivity index (χ4v) is 3.45. The lowest BCUT2D eigenvalue weighted by molar-refractivity contribution is -0.130. The number of anilines is 1. The van der Waals surface area contributed by atoms with Gasteiger partial charge in [0.1, 0.15) is 11.9 Å². The molecule has 0 aromatic carbocycles. The van der Waals surface area contributed by atoms with E-state index in [2.05, 4.69) is 33.2 Å². The molecule has 2 saturated heterocycles. The number of amides is 1. The van der Waals surface area contributed by atoms with Crippen molar-refractivity contribution in [2.75, 3.05) is 31.1 Å². The van der Waals surface area contributed by atoms with Gasteiger partial charge in [-0.05, 0) is 32.6 Å². The van der Waals surface area contributed by atoms with E-state index >= 15 is 0 Å². The fourth-order valence-electron chi connectivity index (χ4n) is 3.45. The predicted octanol–water partition coefficient (Wildman–Crippen LogP) is 0.940. The number of carbonyl (C=O) groups excluding carboxylic acids is 1. The summed E-state index contributed by atoms with van der Waals surface area (Å²) in [6, 6.07) is 1.98. The Hall–Kier alpha value is -2.20. The van der Waals surface area contributed by atoms with Gasteiger partial charge in [-0.25, -0.2) is 4.98 Å². The molecule has 0 bridgehead atoms. The first kappa shape index (κ1) is 16.7. The van der Waals surface area contributed by atoms with E-state index in [1.54, 1.807) is 23.5 Å². The number of likely N-dealkylation sites (tertiary alicyclic amines) is 1. The van der Waals surface area contributed by atoms with Gasteiger partial charge >= 0.3 is 0 Å². The summed E-state index contributed by atoms with van der Waals surface area (Å²) in [6.45, 7) is 4.96. The lowest BCUT2D eigenvalue weighted by Crippen LogP contribution is -2.54. The summed E-state index contributed by atoms with van der Waals surface area (Å²) < 4.78 is 0. The van der Waals surface area contributed by atoms with Gasteiger partial charge in [-0.1, -0.05) is 0 Å². The number of nitrogens with zero attached hydrogens (tertiary/aromatic N) is 5. The Balaban J connectivity index is 1.50. The van der Waals surface area contributed by atoms with Crippen LogP contribution >= 0.6 is 0 Å². The van der Waals surface area contributed by atoms with Crippen LogP contribution in [-0.4, -0.2) is 58.5 Å². The Labute approximate surface area is 142 Å². The molecule has 0 aliphatic carbocycles. The second-order valence-electron chi connectivity index (χ2n) is 6.84. The summed E-state index contributed by atoms with van der Waals surface area (Å²) in [4.78, 5) is 24.8. The Kier molecular flexibility index (Phi) is 4.95. The van der Waals surface area contributed by atoms with Crippen LogP contribution in [0.4, 0.5) is 5.82 Å². The molecule has 1 unspecified atom stereocenters. The average molecular weight is 328 g/mol. The highest BCUT2D eigenvalue weighted by Gasteiger charge is 2.33. The van der Waals surface area contributed by atoms with Crippen LogP contribution in [0, 0.1) is 11.3 Å². The van der Waals surface area contributed by atoms with E-state index in [1.165, 1.54) is 0 Å². The van der Waals surface area contributed by atoms with Crippen LogP contribution in [0.25, 0.3) is 0 Å². The van der Waals surface area contributed by atoms with E-state index < -0.39 is 0 Å². The van der Waals surface area contributed by atoms with E-state index in [0.717, 1.165) is 44.6 Å². The number of hydrogen-bond donors (Lipinski definition) is 1. The fraction of sp³-hybridized carbons (Fsp3) is 0.647. The summed E-state index contributed by atoms with van der Waals surface area (Å²) in [5.74, 6) is 0.946. The monoisotopic (exact) mass is 328 g/mol. The number of nitriles is 1. The molecule has 1 atom stereocenters. The molecule has 1 aromatic rings. The first-order valence-electron chi connectivity index (χ1n) is 8.56. The number of carbonyl (C=O) groups is 1. The highest BCUT2D eigenvalue weighted by Crippen LogP contribution is 2.24. The molecule has 24 heavy (non-hydrogen) atoms. The summed E-state index contributed by atoms with van der Waals surface area (Å²) >= 11 is 0. The minimum absolute atomic E-state index is 0.0385. The number of aromatic nitrogens is 2. The third-order valence-electron chi connectivity index (χ3n) is 5.13. The normalized spacial score (nSPS) is 23.1. The van der Waals surface area contributed by atoms with E-state index in [4.69, 9.17) is 5.26 Å². The van der Waals surface area contributed by atoms with Gasteiger partial charge in [0.2, 0.25) is 5.91 Å². The third-order valence-corrected chi connectivity index (χ3v) is 5.13. The first-order chi connectivity index (χ1) is 11.6. The minimum Gasteiger partial charge on any atom is -0.355 e. The molecule has 7 nitrogen and oxygen atoms in total. The van der Waals surface area contributed by atoms with Crippen molar-refractivity contribution in [1.82, 2.24) is 20.2 Å². The van der Waals surface area contributed by atoms with Crippen molar-refractivity contribution in [2.24, 2.45) is 0 Å². The molecule has 3 heterocycles. The molecule has 3 rings (SSSR count). The van der Waals surface area contributed by atoms with Crippen molar-refractivity contribution < 1.29 is 4.79 Å². The molecule has 2 fully saturated rings. The van der Waals surface area contributed by atoms with Crippen molar-refractivity contribution in [3.8, 4) is 6.07 Å². The molecular weight excluding hydrogens is 304 g/mol. The van der Waals surface area contributed by atoms with Gasteiger partial charge < -0.3 is 15.1 Å². The summed E-state index contributed by atoms with van der Waals surface area (Å²) in [6.07, 6.45) is 8.78. The number of rotatable bonds is 4. The van der Waals surface area contributed by atoms with E-state index in [0.29, 0.717) is 13.1 Å². The van der Waals surface area contributed by atoms with Crippen LogP contribution in [0.1, 0.15) is 32.6 Å². The maximum Gasteiger partial charge on any atom is 0.237 e. The molecule has 2 aliphatic heterocycles. The van der Waals surface area contributed by atoms with Crippen molar-refractivity contribution >= 4 is 11.7 Å². The van der Waals surface area contributed by atoms with Gasteiger partial charge in [-0.15, -0.1) is 0 Å². The van der Waals surface area contributed by atoms with Crippen LogP contribution in [0.15, 0.2) is 18.6 Å². The van der Waals surface area contributed by atoms with Crippen molar-refractivity contribution in [1.29, 1.82) is 5.26 Å². The minimum atomic E-state index is -0.245. The van der Waals surface area contributed by atoms with E-state index in [-0.39, 0.29) is 17.5 Å². The summed E-state index contributed by atoms with van der Waals surface area (Å²) in [7, 11) is 0. The van der Waals surface area contributed by atoms with Gasteiger partial charge in [-0.3, -0.25) is 9.78 Å². The smallest absolute Gasteiger partial charge is 0.237 e. The van der Waals surface area contributed by atoms with Crippen LogP contribution < -0.4 is 10.2 Å². The third kappa shape index (κ3) is 3.65. The van der Waals surface area contributed by atoms with Crippen LogP contribution in [-0.2, 0) is 4.79 Å². The molecule has 0 saturated carbocycles. The molecule has 1 N–H and O–H groups in total. The maximum absolute atomic E-state index is 12.4. The SMILES string of the molecule is CC1(NCC(=O)N2CCCC2C#N)CCN(c2cnccn2)CC1. The zero-order chi connectivity index (χ0) is 17.0. The van der Waals surface area contributed by atoms with Gasteiger partial charge in [0.25, 0.3) is 0 Å². The Bertz CT molecular complexity index is 605. The first-order valence-corrected chi connectivity index (χ1v) is 8.56. The molecule has 128 valence electrons. The van der Waals surface area contributed by atoms with E-state index in [9.17, 15) is 4.79 Å². The Morgan fingerprint density at radius 3 is 2.88 bits per heavy atom. The average Bonchev–Trinajstić information content (AvgIpc) is 3.10. The summed E-state index contributed by atoms with van der Waals surface area (Å²) in [5, 5.41) is 12.5. The van der Waals surface area contributed by atoms with Gasteiger partial charge in [0.15, 0.2) is 0 Å². The number of nitrogens with one attached hydrogen (secondary N) is 1. The van der Waals surface area contributed by atoms with Gasteiger partial charge in [0, 0.05) is 37.6 Å². The molecular formula is C17H24N6O. The zero-order valence-electron chi connectivity index (χ0n) is 14.1. The van der Waals surface area contributed by atoms with Crippen molar-refractivity contribution in [2.45, 2.75) is 44.2 Å². The number of piperidine rings is 1. The summed E-state index contributed by atoms with van der Waals surface area (Å²) in [5.41, 5.74) is -0.0593. The van der Waals surface area contributed by atoms with Gasteiger partial charge in [0.05, 0.1) is 18.8 Å². The Morgan fingerprint density at radius 1 is 1.42 bits per heavy atom. The van der Waals surface area contributed by atoms with Crippen LogP contribution in [0.5, 0.6) is 0 Å².